The molecule has 128 valence electrons. The predicted octanol–water partition coefficient (Wildman–Crippen LogP) is 2.26. The van der Waals surface area contributed by atoms with Crippen LogP contribution in [0.15, 0.2) is 42.5 Å². The van der Waals surface area contributed by atoms with Gasteiger partial charge in [-0.25, -0.2) is 9.59 Å². The number of nitrogens with one attached hydrogen (secondary N) is 1. The summed E-state index contributed by atoms with van der Waals surface area (Å²) in [6, 6.07) is 15.0. The number of carbonyl (C=O) groups is 2. The topological polar surface area (TPSA) is 95.9 Å². The Morgan fingerprint density at radius 2 is 1.79 bits per heavy atom. The fourth-order valence-electron chi connectivity index (χ4n) is 2.62. The number of rotatable bonds is 4. The zero-order chi connectivity index (χ0) is 17.4. The molecule has 3 rings (SSSR count). The molecule has 0 aromatic heterocycles. The zero-order valence-electron chi connectivity index (χ0n) is 13.3. The minimum absolute atomic E-state index is 0.417. The van der Waals surface area contributed by atoms with Crippen molar-refractivity contribution in [3.63, 3.8) is 0 Å². The molecule has 6 heteroatoms. The molecule has 1 aliphatic heterocycles. The molecule has 24 heavy (non-hydrogen) atoms. The van der Waals surface area contributed by atoms with Crippen molar-refractivity contribution in [2.75, 3.05) is 13.2 Å². The molecule has 0 saturated carbocycles. The standard InChI is InChI=1S/C16H19NO.C2H2O4/c1-2-9-16-13(5-1)6-3-7-14(16)11-17-12-15-8-4-10-18-15;3-1(4)2(5)6/h1-3,5-7,9,15,17H,4,8,10-12H2;(H,3,4)(H,5,6). The molecule has 0 bridgehead atoms. The molecule has 6 nitrogen and oxygen atoms in total. The van der Waals surface area contributed by atoms with Crippen LogP contribution in [0.3, 0.4) is 0 Å². The molecule has 0 amide bonds. The molecule has 1 atom stereocenters. The van der Waals surface area contributed by atoms with Gasteiger partial charge in [0, 0.05) is 19.7 Å². The van der Waals surface area contributed by atoms with Gasteiger partial charge in [0.1, 0.15) is 0 Å². The van der Waals surface area contributed by atoms with Crippen molar-refractivity contribution in [1.82, 2.24) is 5.32 Å². The van der Waals surface area contributed by atoms with E-state index < -0.39 is 11.9 Å². The molecule has 2 aromatic carbocycles. The number of hydrogen-bond donors (Lipinski definition) is 3. The summed E-state index contributed by atoms with van der Waals surface area (Å²) in [5, 5.41) is 21.0. The van der Waals surface area contributed by atoms with Gasteiger partial charge in [-0.2, -0.15) is 0 Å². The zero-order valence-corrected chi connectivity index (χ0v) is 13.3. The van der Waals surface area contributed by atoms with Crippen molar-refractivity contribution in [1.29, 1.82) is 0 Å². The van der Waals surface area contributed by atoms with Gasteiger partial charge in [-0.3, -0.25) is 0 Å². The lowest BCUT2D eigenvalue weighted by Crippen LogP contribution is -2.25. The number of carboxylic acids is 2. The maximum Gasteiger partial charge on any atom is 0.414 e. The van der Waals surface area contributed by atoms with E-state index in [2.05, 4.69) is 47.8 Å². The second kappa shape index (κ2) is 9.00. The first-order chi connectivity index (χ1) is 11.6. The Bertz CT molecular complexity index is 677. The highest BCUT2D eigenvalue weighted by atomic mass is 16.5. The molecule has 2 aromatic rings. The van der Waals surface area contributed by atoms with Gasteiger partial charge in [0.15, 0.2) is 0 Å². The van der Waals surface area contributed by atoms with Crippen molar-refractivity contribution in [3.8, 4) is 0 Å². The Balaban J connectivity index is 0.000000301. The average Bonchev–Trinajstić information content (AvgIpc) is 3.09. The quantitative estimate of drug-likeness (QED) is 0.744. The maximum atomic E-state index is 9.10. The van der Waals surface area contributed by atoms with Gasteiger partial charge in [-0.15, -0.1) is 0 Å². The molecule has 0 spiro atoms. The summed E-state index contributed by atoms with van der Waals surface area (Å²) in [7, 11) is 0. The van der Waals surface area contributed by atoms with Crippen molar-refractivity contribution in [2.24, 2.45) is 0 Å². The van der Waals surface area contributed by atoms with Crippen LogP contribution in [0.4, 0.5) is 0 Å². The lowest BCUT2D eigenvalue weighted by molar-refractivity contribution is -0.159. The van der Waals surface area contributed by atoms with Gasteiger partial charge in [-0.1, -0.05) is 42.5 Å². The number of carboxylic acid groups (broad SMARTS) is 2. The Hall–Kier alpha value is -2.44. The van der Waals surface area contributed by atoms with E-state index in [1.54, 1.807) is 0 Å². The third-order valence-electron chi connectivity index (χ3n) is 3.77. The molecule has 0 radical (unpaired) electrons. The van der Waals surface area contributed by atoms with Gasteiger partial charge in [0.2, 0.25) is 0 Å². The molecule has 3 N–H and O–H groups in total. The normalized spacial score (nSPS) is 16.4. The van der Waals surface area contributed by atoms with Crippen LogP contribution in [0.5, 0.6) is 0 Å². The third-order valence-corrected chi connectivity index (χ3v) is 3.77. The van der Waals surface area contributed by atoms with Gasteiger partial charge >= 0.3 is 11.9 Å². The van der Waals surface area contributed by atoms with E-state index in [0.29, 0.717) is 6.10 Å². The molecular weight excluding hydrogens is 310 g/mol. The van der Waals surface area contributed by atoms with E-state index in [0.717, 1.165) is 19.7 Å². The number of fused-ring (bicyclic) bond motifs is 1. The van der Waals surface area contributed by atoms with Crippen molar-refractivity contribution in [2.45, 2.75) is 25.5 Å². The number of hydrogen-bond acceptors (Lipinski definition) is 4. The molecule has 1 saturated heterocycles. The minimum Gasteiger partial charge on any atom is -0.473 e. The van der Waals surface area contributed by atoms with Gasteiger partial charge in [-0.05, 0) is 29.2 Å². The summed E-state index contributed by atoms with van der Waals surface area (Å²) in [4.78, 5) is 18.2. The smallest absolute Gasteiger partial charge is 0.414 e. The third kappa shape index (κ3) is 5.33. The predicted molar refractivity (Wildman–Crippen MR) is 89.9 cm³/mol. The number of benzene rings is 2. The maximum absolute atomic E-state index is 9.10. The second-order valence-electron chi connectivity index (χ2n) is 5.51. The Morgan fingerprint density at radius 1 is 1.08 bits per heavy atom. The van der Waals surface area contributed by atoms with Crippen molar-refractivity contribution >= 4 is 22.7 Å². The summed E-state index contributed by atoms with van der Waals surface area (Å²) < 4.78 is 5.62. The molecule has 1 aliphatic rings. The van der Waals surface area contributed by atoms with E-state index in [1.165, 1.54) is 29.2 Å². The Kier molecular flexibility index (Phi) is 6.72. The summed E-state index contributed by atoms with van der Waals surface area (Å²) >= 11 is 0. The van der Waals surface area contributed by atoms with Crippen LogP contribution in [0.25, 0.3) is 10.8 Å². The first kappa shape index (κ1) is 17.9. The highest BCUT2D eigenvalue weighted by Gasteiger charge is 2.14. The molecule has 1 unspecified atom stereocenters. The van der Waals surface area contributed by atoms with E-state index in [-0.39, 0.29) is 0 Å². The van der Waals surface area contributed by atoms with Crippen LogP contribution >= 0.6 is 0 Å². The van der Waals surface area contributed by atoms with Gasteiger partial charge in [0.25, 0.3) is 0 Å². The van der Waals surface area contributed by atoms with E-state index >= 15 is 0 Å². The molecule has 0 aliphatic carbocycles. The van der Waals surface area contributed by atoms with E-state index in [4.69, 9.17) is 24.5 Å². The molecule has 1 fully saturated rings. The fourth-order valence-corrected chi connectivity index (χ4v) is 2.62. The monoisotopic (exact) mass is 331 g/mol. The largest absolute Gasteiger partial charge is 0.473 e. The van der Waals surface area contributed by atoms with Crippen LogP contribution in [0.2, 0.25) is 0 Å². The van der Waals surface area contributed by atoms with Crippen molar-refractivity contribution in [3.05, 3.63) is 48.0 Å². The van der Waals surface area contributed by atoms with E-state index in [1.807, 2.05) is 0 Å². The highest BCUT2D eigenvalue weighted by molar-refractivity contribution is 6.27. The number of ether oxygens (including phenoxy) is 1. The van der Waals surface area contributed by atoms with Crippen LogP contribution in [-0.2, 0) is 20.9 Å². The first-order valence-corrected chi connectivity index (χ1v) is 7.83. The Labute approximate surface area is 140 Å². The minimum atomic E-state index is -1.82. The average molecular weight is 331 g/mol. The van der Waals surface area contributed by atoms with Gasteiger partial charge < -0.3 is 20.3 Å². The lowest BCUT2D eigenvalue weighted by atomic mass is 10.0. The summed E-state index contributed by atoms with van der Waals surface area (Å²) in [5.74, 6) is -3.65. The van der Waals surface area contributed by atoms with Gasteiger partial charge in [0.05, 0.1) is 6.10 Å². The SMILES string of the molecule is O=C(O)C(=O)O.c1ccc2c(CNCC3CCCO3)cccc2c1. The lowest BCUT2D eigenvalue weighted by Gasteiger charge is -2.12. The van der Waals surface area contributed by atoms with Crippen LogP contribution in [-0.4, -0.2) is 41.4 Å². The Morgan fingerprint density at radius 3 is 2.46 bits per heavy atom. The highest BCUT2D eigenvalue weighted by Crippen LogP contribution is 2.18. The second-order valence-corrected chi connectivity index (χ2v) is 5.51. The summed E-state index contributed by atoms with van der Waals surface area (Å²) in [6.07, 6.45) is 2.82. The number of aliphatic carboxylic acids is 2. The van der Waals surface area contributed by atoms with E-state index in [9.17, 15) is 0 Å². The van der Waals surface area contributed by atoms with Crippen LogP contribution < -0.4 is 5.32 Å². The molecular formula is C18H21NO5. The van der Waals surface area contributed by atoms with Crippen LogP contribution in [0.1, 0.15) is 18.4 Å². The fraction of sp³-hybridized carbons (Fsp3) is 0.333. The summed E-state index contributed by atoms with van der Waals surface area (Å²) in [6.45, 7) is 2.81. The summed E-state index contributed by atoms with van der Waals surface area (Å²) in [5.41, 5.74) is 1.37. The first-order valence-electron chi connectivity index (χ1n) is 7.83. The van der Waals surface area contributed by atoms with Crippen molar-refractivity contribution < 1.29 is 24.5 Å². The molecule has 1 heterocycles. The van der Waals surface area contributed by atoms with Crippen LogP contribution in [0, 0.1) is 0 Å².